The molecule has 1 aromatic heterocycles. The van der Waals surface area contributed by atoms with E-state index >= 15 is 0 Å². The Morgan fingerprint density at radius 2 is 1.91 bits per heavy atom. The van der Waals surface area contributed by atoms with Gasteiger partial charge in [-0.25, -0.2) is 9.78 Å². The van der Waals surface area contributed by atoms with Crippen LogP contribution in [0.4, 0.5) is 5.69 Å². The van der Waals surface area contributed by atoms with E-state index in [1.54, 1.807) is 49.4 Å². The predicted molar refractivity (Wildman–Crippen MR) is 127 cm³/mol. The maximum atomic E-state index is 12.5. The largest absolute Gasteiger partial charge is 0.497 e. The second-order valence-electron chi connectivity index (χ2n) is 7.05. The zero-order valence-electron chi connectivity index (χ0n) is 18.3. The van der Waals surface area contributed by atoms with Gasteiger partial charge in [0.2, 0.25) is 5.91 Å². The number of carbonyl (C=O) groups is 3. The average Bonchev–Trinajstić information content (AvgIpc) is 3.19. The minimum Gasteiger partial charge on any atom is -0.497 e. The third-order valence-electron chi connectivity index (χ3n) is 4.54. The second kappa shape index (κ2) is 10.9. The maximum Gasteiger partial charge on any atom is 0.350 e. The maximum absolute atomic E-state index is 12.5. The van der Waals surface area contributed by atoms with Gasteiger partial charge >= 0.3 is 5.97 Å². The van der Waals surface area contributed by atoms with Crippen molar-refractivity contribution in [1.82, 2.24) is 9.88 Å². The first-order chi connectivity index (χ1) is 15.8. The molecule has 0 aliphatic rings. The Kier molecular flexibility index (Phi) is 8.02. The van der Waals surface area contributed by atoms with E-state index in [-0.39, 0.29) is 6.54 Å². The molecule has 0 aliphatic carbocycles. The van der Waals surface area contributed by atoms with Gasteiger partial charge in [-0.15, -0.1) is 11.3 Å². The minimum absolute atomic E-state index is 0.202. The highest BCUT2D eigenvalue weighted by atomic mass is 35.5. The summed E-state index contributed by atoms with van der Waals surface area (Å²) in [6.45, 7) is 0.996. The summed E-state index contributed by atoms with van der Waals surface area (Å²) in [7, 11) is 2.98. The molecule has 3 rings (SSSR count). The molecular weight excluding hydrogens is 466 g/mol. The number of esters is 1. The van der Waals surface area contributed by atoms with E-state index in [0.29, 0.717) is 32.0 Å². The van der Waals surface area contributed by atoms with Gasteiger partial charge in [-0.2, -0.15) is 0 Å². The topological polar surface area (TPSA) is 97.8 Å². The summed E-state index contributed by atoms with van der Waals surface area (Å²) in [6, 6.07) is 14.0. The number of likely N-dealkylation sites (N-methyl/N-ethyl adjacent to an activating group) is 1. The van der Waals surface area contributed by atoms with Crippen LogP contribution in [-0.4, -0.2) is 55.0 Å². The first kappa shape index (κ1) is 24.2. The molecule has 3 aromatic rings. The van der Waals surface area contributed by atoms with Gasteiger partial charge in [-0.3, -0.25) is 9.59 Å². The van der Waals surface area contributed by atoms with E-state index < -0.39 is 24.4 Å². The molecule has 0 unspecified atom stereocenters. The van der Waals surface area contributed by atoms with Crippen molar-refractivity contribution in [2.24, 2.45) is 0 Å². The molecule has 0 atom stereocenters. The van der Waals surface area contributed by atoms with Crippen LogP contribution < -0.4 is 10.1 Å². The van der Waals surface area contributed by atoms with Gasteiger partial charge in [-0.05, 0) is 31.2 Å². The van der Waals surface area contributed by atoms with E-state index in [1.807, 2.05) is 6.07 Å². The Balaban J connectivity index is 1.53. The van der Waals surface area contributed by atoms with E-state index in [1.165, 1.54) is 19.1 Å². The molecule has 33 heavy (non-hydrogen) atoms. The highest BCUT2D eigenvalue weighted by Gasteiger charge is 2.20. The van der Waals surface area contributed by atoms with Gasteiger partial charge in [0.05, 0.1) is 19.3 Å². The van der Waals surface area contributed by atoms with Gasteiger partial charge in [0.25, 0.3) is 5.91 Å². The van der Waals surface area contributed by atoms with Crippen LogP contribution >= 0.6 is 22.9 Å². The first-order valence-electron chi connectivity index (χ1n) is 9.85. The Labute approximate surface area is 200 Å². The highest BCUT2D eigenvalue weighted by Crippen LogP contribution is 2.29. The number of halogens is 1. The average molecular weight is 488 g/mol. The van der Waals surface area contributed by atoms with Gasteiger partial charge in [-0.1, -0.05) is 29.8 Å². The van der Waals surface area contributed by atoms with Crippen LogP contribution in [0.5, 0.6) is 5.75 Å². The number of benzene rings is 2. The summed E-state index contributed by atoms with van der Waals surface area (Å²) in [5, 5.41) is 3.87. The second-order valence-corrected chi connectivity index (χ2v) is 8.49. The zero-order chi connectivity index (χ0) is 24.0. The Morgan fingerprint density at radius 1 is 1.15 bits per heavy atom. The fourth-order valence-electron chi connectivity index (χ4n) is 2.84. The summed E-state index contributed by atoms with van der Waals surface area (Å²) in [5.74, 6) is -0.960. The van der Waals surface area contributed by atoms with Crippen molar-refractivity contribution >= 4 is 46.4 Å². The van der Waals surface area contributed by atoms with Gasteiger partial charge in [0, 0.05) is 29.4 Å². The molecule has 172 valence electrons. The molecule has 0 saturated heterocycles. The third kappa shape index (κ3) is 6.53. The molecule has 1 N–H and O–H groups in total. The molecule has 2 amide bonds. The van der Waals surface area contributed by atoms with E-state index in [2.05, 4.69) is 10.3 Å². The molecule has 0 radical (unpaired) electrons. The molecule has 0 spiro atoms. The lowest BCUT2D eigenvalue weighted by molar-refractivity contribution is -0.136. The number of hydrogen-bond donors (Lipinski definition) is 1. The molecule has 10 heteroatoms. The van der Waals surface area contributed by atoms with Crippen LogP contribution in [0.3, 0.4) is 0 Å². The Morgan fingerprint density at radius 3 is 2.64 bits per heavy atom. The van der Waals surface area contributed by atoms with Crippen molar-refractivity contribution in [3.8, 4) is 16.3 Å². The van der Waals surface area contributed by atoms with Crippen molar-refractivity contribution in [3.63, 3.8) is 0 Å². The quantitative estimate of drug-likeness (QED) is 0.482. The van der Waals surface area contributed by atoms with Crippen molar-refractivity contribution in [2.75, 3.05) is 32.6 Å². The van der Waals surface area contributed by atoms with Gasteiger partial charge in [0.15, 0.2) is 6.61 Å². The number of ether oxygens (including phenoxy) is 2. The predicted octanol–water partition coefficient (Wildman–Crippen LogP) is 4.03. The molecule has 1 heterocycles. The standard InChI is InChI=1S/C23H22ClN3O5S/c1-14-21(33-22(25-14)15-6-4-7-16(24)10-15)23(30)32-13-20(29)27(2)12-19(28)26-17-8-5-9-18(11-17)31-3/h4-11H,12-13H2,1-3H3,(H,26,28). The van der Waals surface area contributed by atoms with Crippen LogP contribution in [0.1, 0.15) is 15.4 Å². The number of nitrogens with one attached hydrogen (secondary N) is 1. The monoisotopic (exact) mass is 487 g/mol. The number of thiazole rings is 1. The number of methoxy groups -OCH3 is 1. The highest BCUT2D eigenvalue weighted by molar-refractivity contribution is 7.17. The fraction of sp³-hybridized carbons (Fsp3) is 0.217. The molecule has 0 aliphatic heterocycles. The number of hydrogen-bond acceptors (Lipinski definition) is 7. The van der Waals surface area contributed by atoms with E-state index in [0.717, 1.165) is 16.9 Å². The summed E-state index contributed by atoms with van der Waals surface area (Å²) in [4.78, 5) is 42.9. The lowest BCUT2D eigenvalue weighted by Gasteiger charge is -2.17. The lowest BCUT2D eigenvalue weighted by atomic mass is 10.2. The molecular formula is C23H22ClN3O5S. The first-order valence-corrected chi connectivity index (χ1v) is 11.0. The number of aromatic nitrogens is 1. The molecule has 8 nitrogen and oxygen atoms in total. The van der Waals surface area contributed by atoms with Crippen molar-refractivity contribution in [2.45, 2.75) is 6.92 Å². The Bertz CT molecular complexity index is 1180. The smallest absolute Gasteiger partial charge is 0.350 e. The number of carbonyl (C=O) groups excluding carboxylic acids is 3. The number of rotatable bonds is 8. The summed E-state index contributed by atoms with van der Waals surface area (Å²) in [5.41, 5.74) is 1.83. The lowest BCUT2D eigenvalue weighted by Crippen LogP contribution is -2.37. The summed E-state index contributed by atoms with van der Waals surface area (Å²) in [6.07, 6.45) is 0. The molecule has 0 bridgehead atoms. The molecule has 0 saturated carbocycles. The van der Waals surface area contributed by atoms with Crippen LogP contribution in [0.2, 0.25) is 5.02 Å². The zero-order valence-corrected chi connectivity index (χ0v) is 19.8. The normalized spacial score (nSPS) is 10.4. The summed E-state index contributed by atoms with van der Waals surface area (Å²) >= 11 is 7.18. The Hall–Kier alpha value is -3.43. The number of aryl methyl sites for hydroxylation is 1. The summed E-state index contributed by atoms with van der Waals surface area (Å²) < 4.78 is 10.3. The minimum atomic E-state index is -0.652. The van der Waals surface area contributed by atoms with E-state index in [9.17, 15) is 14.4 Å². The van der Waals surface area contributed by atoms with Crippen molar-refractivity contribution < 1.29 is 23.9 Å². The number of amides is 2. The van der Waals surface area contributed by atoms with Crippen LogP contribution in [0.25, 0.3) is 10.6 Å². The van der Waals surface area contributed by atoms with Crippen LogP contribution in [0.15, 0.2) is 48.5 Å². The van der Waals surface area contributed by atoms with Crippen LogP contribution in [0, 0.1) is 6.92 Å². The molecule has 2 aromatic carbocycles. The van der Waals surface area contributed by atoms with Crippen molar-refractivity contribution in [3.05, 3.63) is 64.1 Å². The fourth-order valence-corrected chi connectivity index (χ4v) is 3.99. The van der Waals surface area contributed by atoms with Gasteiger partial charge < -0.3 is 19.7 Å². The van der Waals surface area contributed by atoms with E-state index in [4.69, 9.17) is 21.1 Å². The number of anilines is 1. The molecule has 0 fully saturated rings. The van der Waals surface area contributed by atoms with Gasteiger partial charge in [0.1, 0.15) is 15.6 Å². The van der Waals surface area contributed by atoms with Crippen LogP contribution in [-0.2, 0) is 14.3 Å². The van der Waals surface area contributed by atoms with Crippen molar-refractivity contribution in [1.29, 1.82) is 0 Å². The SMILES string of the molecule is COc1cccc(NC(=O)CN(C)C(=O)COC(=O)c2sc(-c3cccc(Cl)c3)nc2C)c1. The third-order valence-corrected chi connectivity index (χ3v) is 5.96. The number of nitrogens with zero attached hydrogens (tertiary/aromatic N) is 2.